The third kappa shape index (κ3) is 4.36. The topological polar surface area (TPSA) is 104 Å². The van der Waals surface area contributed by atoms with Crippen LogP contribution in [0.4, 0.5) is 17.2 Å². The number of aliphatic hydroxyl groups excluding tert-OH is 1. The molecule has 5 heterocycles. The van der Waals surface area contributed by atoms with Crippen LogP contribution in [0.5, 0.6) is 0 Å². The van der Waals surface area contributed by atoms with Gasteiger partial charge in [-0.25, -0.2) is 4.98 Å². The molecule has 41 heavy (non-hydrogen) atoms. The van der Waals surface area contributed by atoms with Gasteiger partial charge in [0.1, 0.15) is 17.2 Å². The fraction of sp³-hybridized carbons (Fsp3) is 0.344. The van der Waals surface area contributed by atoms with Gasteiger partial charge in [0.05, 0.1) is 12.3 Å². The van der Waals surface area contributed by atoms with Gasteiger partial charge in [-0.2, -0.15) is 0 Å². The molecule has 7 rings (SSSR count). The summed E-state index contributed by atoms with van der Waals surface area (Å²) in [6.45, 7) is 2.81. The highest BCUT2D eigenvalue weighted by molar-refractivity contribution is 6.07. The highest BCUT2D eigenvalue weighted by Crippen LogP contribution is 2.36. The summed E-state index contributed by atoms with van der Waals surface area (Å²) in [6.07, 6.45) is 7.89. The van der Waals surface area contributed by atoms with Crippen molar-refractivity contribution in [3.05, 3.63) is 93.3 Å². The summed E-state index contributed by atoms with van der Waals surface area (Å²) in [6, 6.07) is 13.6. The minimum Gasteiger partial charge on any atom is -0.392 e. The van der Waals surface area contributed by atoms with Gasteiger partial charge in [-0.1, -0.05) is 18.2 Å². The van der Waals surface area contributed by atoms with E-state index < -0.39 is 0 Å². The van der Waals surface area contributed by atoms with Crippen molar-refractivity contribution in [3.63, 3.8) is 0 Å². The number of amides is 1. The first-order chi connectivity index (χ1) is 20.0. The average Bonchev–Trinajstić information content (AvgIpc) is 3.35. The van der Waals surface area contributed by atoms with Gasteiger partial charge in [-0.15, -0.1) is 0 Å². The van der Waals surface area contributed by atoms with Crippen LogP contribution in [0, 0.1) is 0 Å². The molecule has 4 aromatic rings. The molecule has 0 atom stereocenters. The normalized spacial score (nSPS) is 16.7. The third-order valence-electron chi connectivity index (χ3n) is 8.83. The Morgan fingerprint density at radius 3 is 2.73 bits per heavy atom. The molecule has 3 N–H and O–H groups in total. The van der Waals surface area contributed by atoms with Crippen LogP contribution < -0.4 is 21.1 Å². The predicted molar refractivity (Wildman–Crippen MR) is 159 cm³/mol. The molecule has 0 bridgehead atoms. The van der Waals surface area contributed by atoms with Crippen molar-refractivity contribution in [3.8, 4) is 11.1 Å². The van der Waals surface area contributed by atoms with Crippen LogP contribution in [-0.2, 0) is 33.0 Å². The van der Waals surface area contributed by atoms with Crippen molar-refractivity contribution in [2.24, 2.45) is 7.05 Å². The first-order valence-corrected chi connectivity index (χ1v) is 14.4. The lowest BCUT2D eigenvalue weighted by molar-refractivity contribution is 0.0964. The number of nitrogens with one attached hydrogen (secondary N) is 2. The molecule has 3 aromatic heterocycles. The summed E-state index contributed by atoms with van der Waals surface area (Å²) in [7, 11) is 1.72. The van der Waals surface area contributed by atoms with E-state index in [1.54, 1.807) is 28.9 Å². The molecule has 1 amide bonds. The first-order valence-electron chi connectivity index (χ1n) is 14.4. The number of carbonyl (C=O) groups excluding carboxylic acids is 1. The molecule has 1 saturated heterocycles. The highest BCUT2D eigenvalue weighted by atomic mass is 16.3. The Balaban J connectivity index is 1.26. The Hall–Kier alpha value is -4.21. The third-order valence-corrected chi connectivity index (χ3v) is 8.83. The molecule has 1 aromatic carbocycles. The molecule has 210 valence electrons. The van der Waals surface area contributed by atoms with Crippen LogP contribution in [-0.4, -0.2) is 44.8 Å². The van der Waals surface area contributed by atoms with Gasteiger partial charge in [0.2, 0.25) is 0 Å². The second-order valence-corrected chi connectivity index (χ2v) is 11.3. The number of hydrogen-bond donors (Lipinski definition) is 3. The number of hydrogen-bond acceptors (Lipinski definition) is 6. The Labute approximate surface area is 238 Å². The zero-order chi connectivity index (χ0) is 28.1. The number of rotatable bonds is 6. The molecule has 0 unspecified atom stereocenters. The molecule has 9 heteroatoms. The monoisotopic (exact) mass is 550 g/mol. The van der Waals surface area contributed by atoms with Crippen LogP contribution in [0.1, 0.15) is 51.6 Å². The SMILES string of the molecule is Cn1cc(-c2cccc(N3CCn4c(cc5c4CCCC5)C3=O)c2CO)cc(Nc2ncccc2C2CNC2)c1=O. The molecule has 0 spiro atoms. The number of pyridine rings is 2. The fourth-order valence-electron chi connectivity index (χ4n) is 6.57. The Bertz CT molecular complexity index is 1720. The van der Waals surface area contributed by atoms with E-state index in [2.05, 4.69) is 26.3 Å². The maximum absolute atomic E-state index is 13.8. The van der Waals surface area contributed by atoms with Crippen molar-refractivity contribution in [2.75, 3.05) is 29.9 Å². The van der Waals surface area contributed by atoms with E-state index in [-0.39, 0.29) is 18.1 Å². The number of aliphatic hydroxyl groups is 1. The molecular formula is C32H34N6O3. The lowest BCUT2D eigenvalue weighted by atomic mass is 9.94. The second-order valence-electron chi connectivity index (χ2n) is 11.3. The van der Waals surface area contributed by atoms with E-state index >= 15 is 0 Å². The molecule has 2 aliphatic heterocycles. The molecule has 3 aliphatic rings. The number of aryl methyl sites for hydroxylation is 2. The second kappa shape index (κ2) is 10.3. The minimum absolute atomic E-state index is 0.0338. The zero-order valence-corrected chi connectivity index (χ0v) is 23.2. The van der Waals surface area contributed by atoms with Crippen molar-refractivity contribution >= 4 is 23.1 Å². The van der Waals surface area contributed by atoms with Crippen molar-refractivity contribution in [2.45, 2.75) is 44.8 Å². The summed E-state index contributed by atoms with van der Waals surface area (Å²) >= 11 is 0. The van der Waals surface area contributed by atoms with Crippen molar-refractivity contribution in [1.82, 2.24) is 19.4 Å². The van der Waals surface area contributed by atoms with Gasteiger partial charge in [-0.3, -0.25) is 9.59 Å². The van der Waals surface area contributed by atoms with E-state index in [1.165, 1.54) is 24.1 Å². The Morgan fingerprint density at radius 2 is 1.93 bits per heavy atom. The van der Waals surface area contributed by atoms with Crippen molar-refractivity contribution in [1.29, 1.82) is 0 Å². The van der Waals surface area contributed by atoms with Gasteiger partial charge < -0.3 is 29.8 Å². The zero-order valence-electron chi connectivity index (χ0n) is 23.2. The average molecular weight is 551 g/mol. The van der Waals surface area contributed by atoms with Gasteiger partial charge in [0.15, 0.2) is 0 Å². The van der Waals surface area contributed by atoms with E-state index in [9.17, 15) is 14.7 Å². The van der Waals surface area contributed by atoms with Gasteiger partial charge >= 0.3 is 0 Å². The Kier molecular flexibility index (Phi) is 6.48. The lowest BCUT2D eigenvalue weighted by Gasteiger charge is -2.31. The molecular weight excluding hydrogens is 516 g/mol. The van der Waals surface area contributed by atoms with Crippen molar-refractivity contribution < 1.29 is 9.90 Å². The summed E-state index contributed by atoms with van der Waals surface area (Å²) in [5.41, 5.74) is 7.57. The molecule has 0 radical (unpaired) electrons. The van der Waals surface area contributed by atoms with Crippen LogP contribution in [0.25, 0.3) is 11.1 Å². The van der Waals surface area contributed by atoms with E-state index in [1.807, 2.05) is 36.4 Å². The minimum atomic E-state index is -0.239. The molecule has 0 saturated carbocycles. The van der Waals surface area contributed by atoms with Crippen LogP contribution in [0.15, 0.2) is 59.7 Å². The highest BCUT2D eigenvalue weighted by Gasteiger charge is 2.31. The number of benzene rings is 1. The molecule has 9 nitrogen and oxygen atoms in total. The van der Waals surface area contributed by atoms with Gasteiger partial charge in [0, 0.05) is 73.9 Å². The van der Waals surface area contributed by atoms with E-state index in [0.717, 1.165) is 54.9 Å². The smallest absolute Gasteiger partial charge is 0.274 e. The summed E-state index contributed by atoms with van der Waals surface area (Å²) in [4.78, 5) is 33.3. The van der Waals surface area contributed by atoms with Gasteiger partial charge in [0.25, 0.3) is 11.5 Å². The number of anilines is 3. The standard InChI is InChI=1S/C32H34N6O3/c1-36-18-21(14-26(31(36)40)35-30-24(8-5-11-34-30)22-16-33-17-22)23-7-4-10-28(25(23)19-39)38-13-12-37-27-9-3-2-6-20(27)15-29(37)32(38)41/h4-5,7-8,10-11,14-15,18,22,33,39H,2-3,6,9,12-13,16-17,19H2,1H3,(H,34,35). The van der Waals surface area contributed by atoms with Crippen LogP contribution in [0.2, 0.25) is 0 Å². The molecule has 1 aliphatic carbocycles. The van der Waals surface area contributed by atoms with Crippen LogP contribution in [0.3, 0.4) is 0 Å². The fourth-order valence-corrected chi connectivity index (χ4v) is 6.57. The Morgan fingerprint density at radius 1 is 1.07 bits per heavy atom. The summed E-state index contributed by atoms with van der Waals surface area (Å²) < 4.78 is 3.74. The summed E-state index contributed by atoms with van der Waals surface area (Å²) in [5, 5.41) is 17.2. The van der Waals surface area contributed by atoms with E-state index in [4.69, 9.17) is 0 Å². The first kappa shape index (κ1) is 25.7. The number of nitrogens with zero attached hydrogens (tertiary/aromatic N) is 4. The lowest BCUT2D eigenvalue weighted by Crippen LogP contribution is -2.41. The largest absolute Gasteiger partial charge is 0.392 e. The molecule has 1 fully saturated rings. The maximum Gasteiger partial charge on any atom is 0.274 e. The van der Waals surface area contributed by atoms with Crippen LogP contribution >= 0.6 is 0 Å². The number of fused-ring (bicyclic) bond motifs is 3. The van der Waals surface area contributed by atoms with E-state index in [0.29, 0.717) is 35.2 Å². The predicted octanol–water partition coefficient (Wildman–Crippen LogP) is 3.71. The number of aromatic nitrogens is 3. The summed E-state index contributed by atoms with van der Waals surface area (Å²) in [5.74, 6) is 0.993. The maximum atomic E-state index is 13.8. The quantitative estimate of drug-likeness (QED) is 0.338. The number of carbonyl (C=O) groups is 1. The van der Waals surface area contributed by atoms with Gasteiger partial charge in [-0.05, 0) is 61.1 Å².